The second-order valence-electron chi connectivity index (χ2n) is 5.88. The predicted octanol–water partition coefficient (Wildman–Crippen LogP) is 2.18. The summed E-state index contributed by atoms with van der Waals surface area (Å²) in [4.78, 5) is 16.5. The molecule has 1 aliphatic heterocycles. The van der Waals surface area contributed by atoms with Crippen molar-refractivity contribution in [2.45, 2.75) is 13.5 Å². The van der Waals surface area contributed by atoms with Gasteiger partial charge < -0.3 is 19.9 Å². The Labute approximate surface area is 157 Å². The fraction of sp³-hybridized carbons (Fsp3) is 0.588. The van der Waals surface area contributed by atoms with Crippen LogP contribution in [0.1, 0.15) is 12.5 Å². The van der Waals surface area contributed by atoms with Gasteiger partial charge in [-0.3, -0.25) is 4.79 Å². The monoisotopic (exact) mass is 377 g/mol. The van der Waals surface area contributed by atoms with Crippen molar-refractivity contribution in [1.29, 1.82) is 0 Å². The van der Waals surface area contributed by atoms with E-state index >= 15 is 0 Å². The van der Waals surface area contributed by atoms with Crippen molar-refractivity contribution in [3.8, 4) is 0 Å². The number of halogens is 2. The first kappa shape index (κ1) is 23.0. The van der Waals surface area contributed by atoms with E-state index < -0.39 is 0 Å². The van der Waals surface area contributed by atoms with Crippen LogP contribution in [0, 0.1) is 5.92 Å². The molecule has 0 aromatic heterocycles. The number of benzene rings is 1. The molecule has 138 valence electrons. The van der Waals surface area contributed by atoms with Gasteiger partial charge in [0.2, 0.25) is 5.91 Å². The topological polar surface area (TPSA) is 44.8 Å². The highest BCUT2D eigenvalue weighted by molar-refractivity contribution is 5.85. The van der Waals surface area contributed by atoms with E-state index in [2.05, 4.69) is 28.4 Å². The number of hydrogen-bond donors (Lipinski definition) is 1. The van der Waals surface area contributed by atoms with Crippen LogP contribution in [0.3, 0.4) is 0 Å². The molecule has 1 N–H and O–H groups in total. The second-order valence-corrected chi connectivity index (χ2v) is 5.88. The molecule has 0 saturated carbocycles. The van der Waals surface area contributed by atoms with E-state index in [0.29, 0.717) is 13.1 Å². The number of carbonyl (C=O) groups is 1. The van der Waals surface area contributed by atoms with E-state index in [1.54, 1.807) is 0 Å². The number of para-hydroxylation sites is 1. The van der Waals surface area contributed by atoms with Crippen LogP contribution in [0.15, 0.2) is 24.3 Å². The summed E-state index contributed by atoms with van der Waals surface area (Å²) in [5.74, 6) is 0.164. The van der Waals surface area contributed by atoms with Crippen molar-refractivity contribution in [2.24, 2.45) is 5.92 Å². The van der Waals surface area contributed by atoms with E-state index in [-0.39, 0.29) is 36.6 Å². The molecule has 24 heavy (non-hydrogen) atoms. The second kappa shape index (κ2) is 11.5. The minimum Gasteiger partial charge on any atom is -0.378 e. The summed E-state index contributed by atoms with van der Waals surface area (Å²) in [6.45, 7) is 6.65. The van der Waals surface area contributed by atoms with Crippen LogP contribution >= 0.6 is 24.8 Å². The van der Waals surface area contributed by atoms with Gasteiger partial charge >= 0.3 is 0 Å². The van der Waals surface area contributed by atoms with E-state index in [9.17, 15) is 4.79 Å². The molecule has 7 heteroatoms. The normalized spacial score (nSPS) is 15.0. The van der Waals surface area contributed by atoms with Gasteiger partial charge in [-0.25, -0.2) is 0 Å². The van der Waals surface area contributed by atoms with Gasteiger partial charge in [-0.2, -0.15) is 0 Å². The first-order valence-electron chi connectivity index (χ1n) is 7.93. The predicted molar refractivity (Wildman–Crippen MR) is 104 cm³/mol. The Kier molecular flexibility index (Phi) is 11.0. The van der Waals surface area contributed by atoms with Crippen LogP contribution in [0.2, 0.25) is 0 Å². The summed E-state index contributed by atoms with van der Waals surface area (Å²) < 4.78 is 5.43. The maximum absolute atomic E-state index is 12.4. The number of anilines is 1. The molecule has 0 radical (unpaired) electrons. The maximum Gasteiger partial charge on any atom is 0.226 e. The third-order valence-corrected chi connectivity index (χ3v) is 4.06. The van der Waals surface area contributed by atoms with Crippen LogP contribution < -0.4 is 10.2 Å². The van der Waals surface area contributed by atoms with Crippen LogP contribution in [-0.2, 0) is 16.1 Å². The van der Waals surface area contributed by atoms with Crippen molar-refractivity contribution in [3.63, 3.8) is 0 Å². The van der Waals surface area contributed by atoms with Gasteiger partial charge in [-0.1, -0.05) is 25.1 Å². The lowest BCUT2D eigenvalue weighted by Crippen LogP contribution is -2.38. The minimum atomic E-state index is -0.00875. The zero-order valence-electron chi connectivity index (χ0n) is 14.7. The average molecular weight is 378 g/mol. The lowest BCUT2D eigenvalue weighted by atomic mass is 10.1. The van der Waals surface area contributed by atoms with Gasteiger partial charge in [-0.15, -0.1) is 24.8 Å². The largest absolute Gasteiger partial charge is 0.378 e. The van der Waals surface area contributed by atoms with Crippen LogP contribution in [-0.4, -0.2) is 57.8 Å². The Morgan fingerprint density at radius 1 is 1.29 bits per heavy atom. The first-order chi connectivity index (χ1) is 10.6. The third-order valence-electron chi connectivity index (χ3n) is 4.06. The lowest BCUT2D eigenvalue weighted by Gasteiger charge is -2.31. The van der Waals surface area contributed by atoms with Crippen molar-refractivity contribution in [2.75, 3.05) is 51.8 Å². The molecule has 1 aromatic rings. The summed E-state index contributed by atoms with van der Waals surface area (Å²) in [5, 5.41) is 3.06. The van der Waals surface area contributed by atoms with Crippen LogP contribution in [0.5, 0.6) is 0 Å². The molecule has 0 bridgehead atoms. The number of ether oxygens (including phenoxy) is 1. The summed E-state index contributed by atoms with van der Waals surface area (Å²) in [6, 6.07) is 8.33. The van der Waals surface area contributed by atoms with Gasteiger partial charge in [0.05, 0.1) is 13.2 Å². The van der Waals surface area contributed by atoms with E-state index in [4.69, 9.17) is 4.74 Å². The standard InChI is InChI=1S/C17H27N3O2.2ClH/c1-14(12-18-2)17(21)19(3)13-15-6-4-5-7-16(15)20-8-10-22-11-9-20;;/h4-7,14,18H,8-13H2,1-3H3;2*1H. The average Bonchev–Trinajstić information content (AvgIpc) is 2.55. The molecule has 1 heterocycles. The number of morpholine rings is 1. The Morgan fingerprint density at radius 3 is 2.54 bits per heavy atom. The number of rotatable bonds is 6. The van der Waals surface area contributed by atoms with E-state index in [0.717, 1.165) is 26.3 Å². The van der Waals surface area contributed by atoms with E-state index in [1.165, 1.54) is 11.3 Å². The highest BCUT2D eigenvalue weighted by Gasteiger charge is 2.19. The van der Waals surface area contributed by atoms with Crippen molar-refractivity contribution >= 4 is 36.4 Å². The number of hydrogen-bond acceptors (Lipinski definition) is 4. The SMILES string of the molecule is CNCC(C)C(=O)N(C)Cc1ccccc1N1CCOCC1.Cl.Cl. The number of nitrogens with zero attached hydrogens (tertiary/aromatic N) is 2. The van der Waals surface area contributed by atoms with Gasteiger partial charge in [0.1, 0.15) is 0 Å². The molecular weight excluding hydrogens is 349 g/mol. The molecule has 1 fully saturated rings. The lowest BCUT2D eigenvalue weighted by molar-refractivity contribution is -0.134. The Balaban J connectivity index is 0.00000264. The molecule has 5 nitrogen and oxygen atoms in total. The highest BCUT2D eigenvalue weighted by Crippen LogP contribution is 2.23. The molecule has 1 saturated heterocycles. The molecule has 2 rings (SSSR count). The van der Waals surface area contributed by atoms with E-state index in [1.807, 2.05) is 32.0 Å². The molecule has 0 spiro atoms. The first-order valence-corrected chi connectivity index (χ1v) is 7.93. The van der Waals surface area contributed by atoms with Gasteiger partial charge in [0.25, 0.3) is 0 Å². The number of amides is 1. The zero-order valence-corrected chi connectivity index (χ0v) is 16.3. The summed E-state index contributed by atoms with van der Waals surface area (Å²) in [6.07, 6.45) is 0. The molecule has 1 aromatic carbocycles. The molecule has 1 aliphatic rings. The molecule has 0 aliphatic carbocycles. The van der Waals surface area contributed by atoms with Gasteiger partial charge in [0.15, 0.2) is 0 Å². The molecule has 1 atom stereocenters. The highest BCUT2D eigenvalue weighted by atomic mass is 35.5. The van der Waals surface area contributed by atoms with Crippen LogP contribution in [0.4, 0.5) is 5.69 Å². The Hall–Kier alpha value is -1.01. The summed E-state index contributed by atoms with van der Waals surface area (Å²) >= 11 is 0. The zero-order chi connectivity index (χ0) is 15.9. The number of carbonyl (C=O) groups excluding carboxylic acids is 1. The molecular formula is C17H29Cl2N3O2. The number of nitrogens with one attached hydrogen (secondary N) is 1. The Morgan fingerprint density at radius 2 is 1.92 bits per heavy atom. The Bertz CT molecular complexity index is 496. The smallest absolute Gasteiger partial charge is 0.226 e. The fourth-order valence-corrected chi connectivity index (χ4v) is 2.86. The van der Waals surface area contributed by atoms with Crippen molar-refractivity contribution in [3.05, 3.63) is 29.8 Å². The van der Waals surface area contributed by atoms with Crippen molar-refractivity contribution in [1.82, 2.24) is 10.2 Å². The molecule has 1 unspecified atom stereocenters. The van der Waals surface area contributed by atoms with Crippen LogP contribution in [0.25, 0.3) is 0 Å². The fourth-order valence-electron chi connectivity index (χ4n) is 2.86. The quantitative estimate of drug-likeness (QED) is 0.824. The minimum absolute atomic E-state index is 0. The summed E-state index contributed by atoms with van der Waals surface area (Å²) in [5.41, 5.74) is 2.41. The summed E-state index contributed by atoms with van der Waals surface area (Å²) in [7, 11) is 3.75. The van der Waals surface area contributed by atoms with Gasteiger partial charge in [-0.05, 0) is 18.7 Å². The third kappa shape index (κ3) is 6.13. The van der Waals surface area contributed by atoms with Gasteiger partial charge in [0, 0.05) is 44.8 Å². The molecule has 1 amide bonds. The maximum atomic E-state index is 12.4. The van der Waals surface area contributed by atoms with Crippen molar-refractivity contribution < 1.29 is 9.53 Å².